The number of alkyl halides is 2. The van der Waals surface area contributed by atoms with E-state index in [-0.39, 0.29) is 31.3 Å². The normalized spacial score (nSPS) is 20.7. The maximum atomic E-state index is 14.8. The van der Waals surface area contributed by atoms with E-state index >= 15 is 0 Å². The van der Waals surface area contributed by atoms with Crippen LogP contribution in [-0.4, -0.2) is 66.1 Å². The minimum absolute atomic E-state index is 0.0688. The number of allylic oxidation sites excluding steroid dienone is 1. The number of amides is 1. The number of halogens is 4. The van der Waals surface area contributed by atoms with Crippen molar-refractivity contribution in [2.24, 2.45) is 5.92 Å². The summed E-state index contributed by atoms with van der Waals surface area (Å²) in [5, 5.41) is 2.72. The fourth-order valence-electron chi connectivity index (χ4n) is 3.69. The molecule has 0 bridgehead atoms. The Hall–Kier alpha value is -2.87. The Morgan fingerprint density at radius 1 is 1.29 bits per heavy atom. The van der Waals surface area contributed by atoms with Crippen LogP contribution >= 0.6 is 21.0 Å². The molecule has 0 saturated carbocycles. The highest BCUT2D eigenvalue weighted by molar-refractivity contribution is 14.1. The van der Waals surface area contributed by atoms with E-state index in [1.807, 2.05) is 4.01 Å². The smallest absolute Gasteiger partial charge is 0.293 e. The third-order valence-electron chi connectivity index (χ3n) is 5.73. The zero-order valence-electron chi connectivity index (χ0n) is 19.0. The summed E-state index contributed by atoms with van der Waals surface area (Å²) in [6, 6.07) is 5.12. The number of hydrogen-bond acceptors (Lipinski definition) is 6. The Morgan fingerprint density at radius 2 is 2.11 bits per heavy atom. The van der Waals surface area contributed by atoms with Crippen molar-refractivity contribution in [2.75, 3.05) is 25.5 Å². The third kappa shape index (κ3) is 6.23. The Kier molecular flexibility index (Phi) is 7.79. The molecule has 2 aliphatic rings. The SMILES string of the molecule is CO[N+]1=CC=C([C@H]2CN([C@@H](C)C(=O)Nc3ccc(Oc4ccc(F)cn4)cn3)CCC2(F)F)C=I1. The Balaban J connectivity index is 1.37. The Labute approximate surface area is 210 Å². The molecule has 4 rings (SSSR count). The molecule has 2 aromatic rings. The molecule has 0 aliphatic carbocycles. The van der Waals surface area contributed by atoms with Crippen LogP contribution in [0.25, 0.3) is 0 Å². The van der Waals surface area contributed by atoms with Gasteiger partial charge in [0.05, 0.1) is 24.4 Å². The van der Waals surface area contributed by atoms with E-state index < -0.39 is 44.7 Å². The van der Waals surface area contributed by atoms with Gasteiger partial charge in [-0.25, -0.2) is 23.1 Å². The molecule has 186 valence electrons. The first-order valence-electron chi connectivity index (χ1n) is 10.8. The van der Waals surface area contributed by atoms with Crippen LogP contribution in [-0.2, 0) is 9.63 Å². The lowest BCUT2D eigenvalue weighted by Gasteiger charge is -2.41. The summed E-state index contributed by atoms with van der Waals surface area (Å²) in [6.07, 6.45) is 5.45. The van der Waals surface area contributed by atoms with Gasteiger partial charge in [0.15, 0.2) is 0 Å². The van der Waals surface area contributed by atoms with Crippen LogP contribution in [0.1, 0.15) is 13.3 Å². The summed E-state index contributed by atoms with van der Waals surface area (Å²) in [7, 11) is 1.54. The number of carbonyl (C=O) groups excluding carboxylic acids is 1. The topological polar surface area (TPSA) is 79.6 Å². The number of ether oxygens (including phenoxy) is 1. The lowest BCUT2D eigenvalue weighted by molar-refractivity contribution is -0.614. The second-order valence-corrected chi connectivity index (χ2v) is 10.1. The van der Waals surface area contributed by atoms with Crippen molar-refractivity contribution in [3.8, 4) is 11.6 Å². The van der Waals surface area contributed by atoms with E-state index in [1.54, 1.807) is 39.2 Å². The maximum absolute atomic E-state index is 14.8. The monoisotopic (exact) mass is 602 g/mol. The van der Waals surface area contributed by atoms with Gasteiger partial charge in [-0.1, -0.05) is 0 Å². The van der Waals surface area contributed by atoms with Crippen LogP contribution in [0.2, 0.25) is 0 Å². The van der Waals surface area contributed by atoms with Crippen molar-refractivity contribution in [1.29, 1.82) is 0 Å². The van der Waals surface area contributed by atoms with Crippen LogP contribution in [0, 0.1) is 11.7 Å². The lowest BCUT2D eigenvalue weighted by atomic mass is 9.86. The van der Waals surface area contributed by atoms with E-state index in [1.165, 1.54) is 25.4 Å². The summed E-state index contributed by atoms with van der Waals surface area (Å²) in [6.45, 7) is 1.87. The van der Waals surface area contributed by atoms with Crippen LogP contribution in [0.15, 0.2) is 48.3 Å². The number of hydrogen-bond donors (Lipinski definition) is 1. The van der Waals surface area contributed by atoms with Crippen LogP contribution < -0.4 is 10.1 Å². The average Bonchev–Trinajstić information content (AvgIpc) is 2.86. The van der Waals surface area contributed by atoms with Gasteiger partial charge in [0.25, 0.3) is 26.9 Å². The predicted octanol–water partition coefficient (Wildman–Crippen LogP) is 3.96. The third-order valence-corrected chi connectivity index (χ3v) is 7.99. The first kappa shape index (κ1) is 25.2. The Bertz CT molecular complexity index is 1160. The van der Waals surface area contributed by atoms with Gasteiger partial charge in [0.2, 0.25) is 18.0 Å². The first-order chi connectivity index (χ1) is 16.7. The molecule has 8 nitrogen and oxygen atoms in total. The standard InChI is InChI=1S/C23H23F3IN5O3/c1-15(31-10-8-23(25,26)19(14-31)16-7-9-32(34-2)27-11-16)22(33)30-20-5-4-18(13-28-20)35-21-6-3-17(24)12-29-21/h3-7,9,11-13,15,19H,8,10,14H2,1-2H3/p+1/t15-,19+/m0/s1. The molecule has 1 N–H and O–H groups in total. The van der Waals surface area contributed by atoms with Crippen molar-refractivity contribution < 1.29 is 30.5 Å². The van der Waals surface area contributed by atoms with Crippen molar-refractivity contribution in [2.45, 2.75) is 25.3 Å². The van der Waals surface area contributed by atoms with Crippen LogP contribution in [0.4, 0.5) is 19.0 Å². The van der Waals surface area contributed by atoms with Gasteiger partial charge in [0, 0.05) is 38.6 Å². The summed E-state index contributed by atoms with van der Waals surface area (Å²) in [4.78, 5) is 27.7. The van der Waals surface area contributed by atoms with E-state index in [4.69, 9.17) is 9.57 Å². The molecular formula is C23H24F3IN5O3+. The maximum Gasteiger partial charge on any atom is 0.293 e. The molecule has 35 heavy (non-hydrogen) atoms. The quantitative estimate of drug-likeness (QED) is 0.382. The lowest BCUT2D eigenvalue weighted by Crippen LogP contribution is -2.53. The summed E-state index contributed by atoms with van der Waals surface area (Å²) in [5.41, 5.74) is 0.585. The number of rotatable bonds is 7. The first-order valence-corrected chi connectivity index (χ1v) is 13.0. The van der Waals surface area contributed by atoms with E-state index in [0.717, 1.165) is 6.20 Å². The van der Waals surface area contributed by atoms with Gasteiger partial charge in [-0.2, -0.15) is 0 Å². The van der Waals surface area contributed by atoms with Crippen LogP contribution in [0.3, 0.4) is 0 Å². The van der Waals surface area contributed by atoms with Gasteiger partial charge in [-0.3, -0.25) is 14.5 Å². The number of carbonyl (C=O) groups is 1. The van der Waals surface area contributed by atoms with Gasteiger partial charge in [-0.15, -0.1) is 0 Å². The number of nitrogens with zero attached hydrogens (tertiary/aromatic N) is 4. The molecule has 2 atom stereocenters. The van der Waals surface area contributed by atoms with E-state index in [0.29, 0.717) is 17.1 Å². The minimum atomic E-state index is -2.85. The molecule has 4 heterocycles. The molecule has 1 amide bonds. The molecule has 0 unspecified atom stereocenters. The van der Waals surface area contributed by atoms with Crippen molar-refractivity contribution in [3.05, 3.63) is 54.1 Å². The summed E-state index contributed by atoms with van der Waals surface area (Å²) in [5.74, 6) is -3.80. The predicted molar refractivity (Wildman–Crippen MR) is 133 cm³/mol. The molecule has 0 spiro atoms. The molecule has 2 aliphatic heterocycles. The molecule has 2 aromatic heterocycles. The average molecular weight is 602 g/mol. The number of piperidine rings is 1. The molecule has 0 aromatic carbocycles. The second-order valence-electron chi connectivity index (χ2n) is 8.00. The van der Waals surface area contributed by atoms with Crippen molar-refractivity contribution in [3.63, 3.8) is 0 Å². The van der Waals surface area contributed by atoms with E-state index in [2.05, 4.69) is 15.3 Å². The van der Waals surface area contributed by atoms with Gasteiger partial charge < -0.3 is 10.1 Å². The van der Waals surface area contributed by atoms with Crippen molar-refractivity contribution >= 4 is 43.0 Å². The fraction of sp³-hybridized carbons (Fsp3) is 0.348. The minimum Gasteiger partial charge on any atom is -0.437 e. The Morgan fingerprint density at radius 3 is 2.74 bits per heavy atom. The molecule has 1 saturated heterocycles. The van der Waals surface area contributed by atoms with Crippen LogP contribution in [0.5, 0.6) is 11.6 Å². The number of anilines is 1. The largest absolute Gasteiger partial charge is 0.437 e. The molecular weight excluding hydrogens is 578 g/mol. The number of likely N-dealkylation sites (tertiary alicyclic amines) is 1. The van der Waals surface area contributed by atoms with E-state index in [9.17, 15) is 18.0 Å². The summed E-state index contributed by atoms with van der Waals surface area (Å²) < 4.78 is 51.4. The van der Waals surface area contributed by atoms with Gasteiger partial charge in [-0.05, 0) is 30.7 Å². The highest BCUT2D eigenvalue weighted by atomic mass is 127. The van der Waals surface area contributed by atoms with Crippen molar-refractivity contribution in [1.82, 2.24) is 14.9 Å². The number of nitrogens with one attached hydrogen (secondary N) is 1. The van der Waals surface area contributed by atoms with Gasteiger partial charge in [0.1, 0.15) is 24.5 Å². The fourth-order valence-corrected chi connectivity index (χ4v) is 5.50. The zero-order chi connectivity index (χ0) is 25.0. The highest BCUT2D eigenvalue weighted by Gasteiger charge is 2.47. The highest BCUT2D eigenvalue weighted by Crippen LogP contribution is 2.39. The second kappa shape index (κ2) is 10.8. The summed E-state index contributed by atoms with van der Waals surface area (Å²) >= 11 is -0.667. The molecule has 12 heteroatoms. The zero-order valence-corrected chi connectivity index (χ0v) is 21.2. The molecule has 1 fully saturated rings. The number of aromatic nitrogens is 2. The number of pyridine rings is 2. The van der Waals surface area contributed by atoms with Gasteiger partial charge >= 0.3 is 0 Å². The molecule has 0 radical (unpaired) electrons.